The Labute approximate surface area is 203 Å². The molecule has 0 fully saturated rings. The summed E-state index contributed by atoms with van der Waals surface area (Å²) in [7, 11) is 0. The molecule has 0 aliphatic rings. The third-order valence-corrected chi connectivity index (χ3v) is 7.54. The Hall–Kier alpha value is -3.56. The van der Waals surface area contributed by atoms with Crippen molar-refractivity contribution in [3.8, 4) is 22.4 Å². The van der Waals surface area contributed by atoms with Crippen molar-refractivity contribution in [3.63, 3.8) is 0 Å². The largest absolute Gasteiger partial charge is 0.256 e. The van der Waals surface area contributed by atoms with Crippen LogP contribution in [-0.2, 0) is 5.41 Å². The zero-order valence-corrected chi connectivity index (χ0v) is 20.7. The number of nitrogens with zero attached hydrogens (tertiary/aromatic N) is 2. The predicted octanol–water partition coefficient (Wildman–Crippen LogP) is 8.94. The highest BCUT2D eigenvalue weighted by Crippen LogP contribution is 2.40. The van der Waals surface area contributed by atoms with E-state index in [0.717, 1.165) is 33.3 Å². The number of hydrogen-bond acceptors (Lipinski definition) is 3. The van der Waals surface area contributed by atoms with Crippen molar-refractivity contribution < 1.29 is 0 Å². The lowest BCUT2D eigenvalue weighted by molar-refractivity contribution is 0.591. The van der Waals surface area contributed by atoms with Crippen molar-refractivity contribution in [2.75, 3.05) is 0 Å². The van der Waals surface area contributed by atoms with Crippen LogP contribution in [0.3, 0.4) is 0 Å². The van der Waals surface area contributed by atoms with Gasteiger partial charge in [-0.15, -0.1) is 11.3 Å². The lowest BCUT2D eigenvalue weighted by atomic mass is 9.85. The molecular formula is C31H26N2S. The molecule has 3 heteroatoms. The van der Waals surface area contributed by atoms with E-state index in [4.69, 9.17) is 9.97 Å². The van der Waals surface area contributed by atoms with Gasteiger partial charge in [-0.2, -0.15) is 0 Å². The zero-order chi connectivity index (χ0) is 23.4. The maximum Gasteiger partial charge on any atom is 0.0887 e. The molecule has 0 bridgehead atoms. The van der Waals surface area contributed by atoms with Gasteiger partial charge in [0.25, 0.3) is 0 Å². The topological polar surface area (TPSA) is 25.8 Å². The van der Waals surface area contributed by atoms with Gasteiger partial charge in [-0.1, -0.05) is 57.2 Å². The smallest absolute Gasteiger partial charge is 0.0887 e. The second kappa shape index (κ2) is 7.75. The highest BCUT2D eigenvalue weighted by atomic mass is 32.1. The van der Waals surface area contributed by atoms with Gasteiger partial charge in [0.1, 0.15) is 0 Å². The summed E-state index contributed by atoms with van der Waals surface area (Å²) in [6.45, 7) is 8.88. The first-order valence-corrected chi connectivity index (χ1v) is 12.5. The zero-order valence-electron chi connectivity index (χ0n) is 19.9. The molecule has 0 atom stereocenters. The maximum atomic E-state index is 4.90. The van der Waals surface area contributed by atoms with Gasteiger partial charge < -0.3 is 0 Å². The van der Waals surface area contributed by atoms with Gasteiger partial charge in [0.05, 0.1) is 15.9 Å². The second-order valence-corrected chi connectivity index (χ2v) is 11.0. The molecule has 6 rings (SSSR count). The fraction of sp³-hybridized carbons (Fsp3) is 0.161. The summed E-state index contributed by atoms with van der Waals surface area (Å²) in [6.07, 6.45) is 3.85. The maximum absolute atomic E-state index is 4.90. The van der Waals surface area contributed by atoms with Crippen molar-refractivity contribution in [2.45, 2.75) is 33.1 Å². The molecular weight excluding hydrogens is 432 g/mol. The molecule has 0 unspecified atom stereocenters. The molecule has 0 aliphatic carbocycles. The number of fused-ring (bicyclic) bond motifs is 4. The number of hydrogen-bond donors (Lipinski definition) is 0. The van der Waals surface area contributed by atoms with Crippen LogP contribution in [0.2, 0.25) is 0 Å². The van der Waals surface area contributed by atoms with Crippen LogP contribution in [0.25, 0.3) is 54.1 Å². The Bertz CT molecular complexity index is 1700. The summed E-state index contributed by atoms with van der Waals surface area (Å²) < 4.78 is 1.23. The van der Waals surface area contributed by atoms with Gasteiger partial charge in [0.15, 0.2) is 0 Å². The van der Waals surface area contributed by atoms with Gasteiger partial charge in [0, 0.05) is 28.9 Å². The van der Waals surface area contributed by atoms with Crippen LogP contribution < -0.4 is 0 Å². The van der Waals surface area contributed by atoms with Gasteiger partial charge in [-0.25, -0.2) is 0 Å². The van der Waals surface area contributed by atoms with Crippen LogP contribution in [0.4, 0.5) is 0 Å². The molecule has 0 saturated heterocycles. The van der Waals surface area contributed by atoms with E-state index in [0.29, 0.717) is 0 Å². The van der Waals surface area contributed by atoms with E-state index in [9.17, 15) is 0 Å². The van der Waals surface area contributed by atoms with E-state index in [1.165, 1.54) is 32.0 Å². The summed E-state index contributed by atoms with van der Waals surface area (Å²) >= 11 is 1.75. The molecule has 3 aromatic heterocycles. The Morgan fingerprint density at radius 3 is 2.44 bits per heavy atom. The fourth-order valence-corrected chi connectivity index (χ4v) is 5.63. The Balaban J connectivity index is 1.58. The second-order valence-electron chi connectivity index (χ2n) is 10.1. The first-order chi connectivity index (χ1) is 16.4. The van der Waals surface area contributed by atoms with Gasteiger partial charge in [-0.05, 0) is 80.9 Å². The number of thiophene rings is 1. The molecule has 2 nitrogen and oxygen atoms in total. The molecule has 0 radical (unpaired) electrons. The summed E-state index contributed by atoms with van der Waals surface area (Å²) in [5.74, 6) is 0. The van der Waals surface area contributed by atoms with Gasteiger partial charge >= 0.3 is 0 Å². The molecule has 166 valence electrons. The molecule has 0 aliphatic heterocycles. The molecule has 34 heavy (non-hydrogen) atoms. The Morgan fingerprint density at radius 2 is 1.59 bits per heavy atom. The van der Waals surface area contributed by atoms with E-state index < -0.39 is 0 Å². The lowest BCUT2D eigenvalue weighted by Gasteiger charge is -2.19. The first kappa shape index (κ1) is 21.0. The Kier molecular flexibility index (Phi) is 4.79. The molecule has 3 heterocycles. The predicted molar refractivity (Wildman–Crippen MR) is 147 cm³/mol. The van der Waals surface area contributed by atoms with E-state index in [1.54, 1.807) is 11.3 Å². The summed E-state index contributed by atoms with van der Waals surface area (Å²) in [6, 6.07) is 24.5. The summed E-state index contributed by atoms with van der Waals surface area (Å²) in [4.78, 5) is 9.72. The molecule has 0 N–H and O–H groups in total. The number of pyridine rings is 2. The third-order valence-electron chi connectivity index (χ3n) is 6.61. The fourth-order valence-electron chi connectivity index (χ4n) is 4.74. The van der Waals surface area contributed by atoms with E-state index >= 15 is 0 Å². The van der Waals surface area contributed by atoms with Crippen LogP contribution in [0, 0.1) is 6.92 Å². The lowest BCUT2D eigenvalue weighted by Crippen LogP contribution is -2.10. The molecule has 0 saturated carbocycles. The Morgan fingerprint density at radius 1 is 0.765 bits per heavy atom. The van der Waals surface area contributed by atoms with Crippen molar-refractivity contribution in [2.24, 2.45) is 0 Å². The third kappa shape index (κ3) is 3.48. The van der Waals surface area contributed by atoms with Crippen LogP contribution in [-0.4, -0.2) is 9.97 Å². The molecule has 0 amide bonds. The minimum Gasteiger partial charge on any atom is -0.256 e. The summed E-state index contributed by atoms with van der Waals surface area (Å²) in [5, 5.41) is 7.03. The van der Waals surface area contributed by atoms with Crippen LogP contribution in [0.15, 0.2) is 84.5 Å². The molecule has 0 spiro atoms. The van der Waals surface area contributed by atoms with Gasteiger partial charge in [0.2, 0.25) is 0 Å². The molecule has 3 aromatic carbocycles. The summed E-state index contributed by atoms with van der Waals surface area (Å²) in [5.41, 5.74) is 8.15. The van der Waals surface area contributed by atoms with Gasteiger partial charge in [-0.3, -0.25) is 9.97 Å². The highest BCUT2D eigenvalue weighted by molar-refractivity contribution is 7.18. The number of aryl methyl sites for hydroxylation is 1. The number of benzene rings is 3. The SMILES string of the molecule is Cc1cnc2c(c1)c(-c1ncccc1-c1ccc3cc(C(C)(C)C)ccc3c1)cc1ccsc12. The minimum atomic E-state index is 0.136. The monoisotopic (exact) mass is 458 g/mol. The van der Waals surface area contributed by atoms with E-state index in [-0.39, 0.29) is 5.41 Å². The number of aromatic nitrogens is 2. The van der Waals surface area contributed by atoms with Crippen molar-refractivity contribution >= 4 is 43.1 Å². The van der Waals surface area contributed by atoms with Crippen LogP contribution in [0.5, 0.6) is 0 Å². The molecule has 6 aromatic rings. The standard InChI is InChI=1S/C31H26N2S/c1-19-14-26-27(17-23-11-13-34-30(23)29(26)33-18-19)28-25(6-5-12-32-28)22-8-7-21-16-24(31(2,3)4)10-9-20(21)15-22/h5-18H,1-4H3. The van der Waals surface area contributed by atoms with Crippen LogP contribution in [0.1, 0.15) is 31.9 Å². The average Bonchev–Trinajstić information content (AvgIpc) is 3.31. The van der Waals surface area contributed by atoms with Crippen molar-refractivity contribution in [1.82, 2.24) is 9.97 Å². The van der Waals surface area contributed by atoms with Crippen molar-refractivity contribution in [3.05, 3.63) is 95.6 Å². The quantitative estimate of drug-likeness (QED) is 0.259. The van der Waals surface area contributed by atoms with Crippen LogP contribution >= 0.6 is 11.3 Å². The van der Waals surface area contributed by atoms with E-state index in [1.807, 2.05) is 18.5 Å². The average molecular weight is 459 g/mol. The normalized spacial score (nSPS) is 12.1. The highest BCUT2D eigenvalue weighted by Gasteiger charge is 2.17. The minimum absolute atomic E-state index is 0.136. The number of rotatable bonds is 2. The first-order valence-electron chi connectivity index (χ1n) is 11.7. The van der Waals surface area contributed by atoms with E-state index in [2.05, 4.69) is 93.7 Å². The van der Waals surface area contributed by atoms with Crippen molar-refractivity contribution in [1.29, 1.82) is 0 Å².